The summed E-state index contributed by atoms with van der Waals surface area (Å²) in [4.78, 5) is 7.03. The minimum atomic E-state index is 0.360. The summed E-state index contributed by atoms with van der Waals surface area (Å²) in [5.74, 6) is 0.866. The third-order valence-corrected chi connectivity index (χ3v) is 3.66. The molecule has 0 saturated heterocycles. The maximum atomic E-state index is 5.54. The van der Waals surface area contributed by atoms with Crippen molar-refractivity contribution in [3.63, 3.8) is 0 Å². The lowest BCUT2D eigenvalue weighted by Crippen LogP contribution is -2.32. The monoisotopic (exact) mass is 249 g/mol. The highest BCUT2D eigenvalue weighted by atomic mass is 32.1. The Kier molecular flexibility index (Phi) is 3.94. The van der Waals surface area contributed by atoms with Gasteiger partial charge in [0.15, 0.2) is 0 Å². The summed E-state index contributed by atoms with van der Waals surface area (Å²) in [5.41, 5.74) is 7.40. The summed E-state index contributed by atoms with van der Waals surface area (Å²) in [6.07, 6.45) is 6.00. The maximum absolute atomic E-state index is 5.54. The molecule has 3 nitrogen and oxygen atoms in total. The summed E-state index contributed by atoms with van der Waals surface area (Å²) < 4.78 is 0. The molecule has 2 rings (SSSR count). The molecule has 0 amide bonds. The second-order valence-electron chi connectivity index (χ2n) is 4.60. The molecule has 0 unspecified atom stereocenters. The lowest BCUT2D eigenvalue weighted by atomic mass is 9.85. The first-order chi connectivity index (χ1) is 8.20. The second kappa shape index (κ2) is 5.45. The molecule has 0 bridgehead atoms. The van der Waals surface area contributed by atoms with E-state index in [2.05, 4.69) is 22.9 Å². The van der Waals surface area contributed by atoms with Crippen molar-refractivity contribution in [2.45, 2.75) is 26.2 Å². The van der Waals surface area contributed by atoms with Crippen LogP contribution in [-0.4, -0.2) is 23.1 Å². The Morgan fingerprint density at radius 2 is 2.29 bits per heavy atom. The van der Waals surface area contributed by atoms with Crippen molar-refractivity contribution in [1.82, 2.24) is 4.98 Å². The molecule has 0 radical (unpaired) electrons. The lowest BCUT2D eigenvalue weighted by molar-refractivity contribution is 0.318. The average molecular weight is 249 g/mol. The first kappa shape index (κ1) is 12.3. The van der Waals surface area contributed by atoms with Crippen LogP contribution >= 0.6 is 12.2 Å². The number of nitrogens with two attached hydrogens (primary N) is 1. The van der Waals surface area contributed by atoms with Crippen LogP contribution in [0.5, 0.6) is 0 Å². The Bertz CT molecular complexity index is 384. The fourth-order valence-corrected chi connectivity index (χ4v) is 2.24. The van der Waals surface area contributed by atoms with Gasteiger partial charge in [0.25, 0.3) is 0 Å². The fourth-order valence-electron chi connectivity index (χ4n) is 2.12. The molecule has 2 N–H and O–H groups in total. The number of rotatable bonds is 5. The zero-order valence-corrected chi connectivity index (χ0v) is 11.0. The number of hydrogen-bond donors (Lipinski definition) is 1. The smallest absolute Gasteiger partial charge is 0.122 e. The van der Waals surface area contributed by atoms with E-state index in [1.54, 1.807) is 0 Å². The molecule has 4 heteroatoms. The molecule has 17 heavy (non-hydrogen) atoms. The Morgan fingerprint density at radius 1 is 1.53 bits per heavy atom. The maximum Gasteiger partial charge on any atom is 0.122 e. The number of nitrogens with zero attached hydrogens (tertiary/aromatic N) is 2. The molecule has 0 aromatic carbocycles. The fraction of sp³-hybridized carbons (Fsp3) is 0.538. The van der Waals surface area contributed by atoms with Crippen molar-refractivity contribution in [1.29, 1.82) is 0 Å². The zero-order valence-electron chi connectivity index (χ0n) is 10.2. The number of anilines is 1. The largest absolute Gasteiger partial charge is 0.388 e. The number of hydrogen-bond acceptors (Lipinski definition) is 3. The molecule has 0 aliphatic heterocycles. The molecule has 0 spiro atoms. The van der Waals surface area contributed by atoms with Crippen molar-refractivity contribution in [3.8, 4) is 0 Å². The van der Waals surface area contributed by atoms with E-state index in [0.717, 1.165) is 19.0 Å². The minimum absolute atomic E-state index is 0.360. The molecule has 1 aromatic rings. The normalized spacial score (nSPS) is 15.4. The van der Waals surface area contributed by atoms with Crippen LogP contribution in [-0.2, 0) is 0 Å². The van der Waals surface area contributed by atoms with Crippen molar-refractivity contribution in [3.05, 3.63) is 24.0 Å². The molecule has 92 valence electrons. The predicted molar refractivity (Wildman–Crippen MR) is 75.4 cm³/mol. The molecule has 0 atom stereocenters. The molecule has 1 saturated carbocycles. The first-order valence-electron chi connectivity index (χ1n) is 6.21. The first-order valence-corrected chi connectivity index (χ1v) is 6.62. The van der Waals surface area contributed by atoms with Crippen LogP contribution < -0.4 is 10.6 Å². The van der Waals surface area contributed by atoms with E-state index in [9.17, 15) is 0 Å². The van der Waals surface area contributed by atoms with E-state index >= 15 is 0 Å². The molecule has 1 aromatic heterocycles. The van der Waals surface area contributed by atoms with E-state index in [-0.39, 0.29) is 0 Å². The van der Waals surface area contributed by atoms with Gasteiger partial charge in [0.1, 0.15) is 4.99 Å². The highest BCUT2D eigenvalue weighted by Gasteiger charge is 2.20. The highest BCUT2D eigenvalue weighted by Crippen LogP contribution is 2.28. The molecule has 1 aliphatic carbocycles. The summed E-state index contributed by atoms with van der Waals surface area (Å²) in [7, 11) is 0. The second-order valence-corrected chi connectivity index (χ2v) is 5.04. The Morgan fingerprint density at radius 3 is 2.71 bits per heavy atom. The van der Waals surface area contributed by atoms with Crippen LogP contribution in [0.3, 0.4) is 0 Å². The van der Waals surface area contributed by atoms with E-state index in [0.29, 0.717) is 10.7 Å². The van der Waals surface area contributed by atoms with Gasteiger partial charge < -0.3 is 10.6 Å². The third kappa shape index (κ3) is 2.94. The standard InChI is InChI=1S/C13H19N3S/c1-2-16(9-10-4-3-5-10)11-6-7-12(13(14)17)15-8-11/h6-8,10H,2-5,9H2,1H3,(H2,14,17). The molecule has 1 heterocycles. The average Bonchev–Trinajstić information content (AvgIpc) is 2.28. The summed E-state index contributed by atoms with van der Waals surface area (Å²) in [6.45, 7) is 4.34. The topological polar surface area (TPSA) is 42.1 Å². The van der Waals surface area contributed by atoms with Crippen molar-refractivity contribution in [2.75, 3.05) is 18.0 Å². The molecular weight excluding hydrogens is 230 g/mol. The van der Waals surface area contributed by atoms with Crippen LogP contribution in [0, 0.1) is 5.92 Å². The molecular formula is C13H19N3S. The Labute approximate surface area is 108 Å². The van der Waals surface area contributed by atoms with Crippen molar-refractivity contribution in [2.24, 2.45) is 11.7 Å². The van der Waals surface area contributed by atoms with Gasteiger partial charge in [-0.05, 0) is 37.8 Å². The summed E-state index contributed by atoms with van der Waals surface area (Å²) in [6, 6.07) is 3.96. The van der Waals surface area contributed by atoms with E-state index in [1.165, 1.54) is 24.9 Å². The van der Waals surface area contributed by atoms with Gasteiger partial charge in [-0.2, -0.15) is 0 Å². The van der Waals surface area contributed by atoms with E-state index in [4.69, 9.17) is 18.0 Å². The minimum Gasteiger partial charge on any atom is -0.388 e. The Hall–Kier alpha value is -1.16. The van der Waals surface area contributed by atoms with Gasteiger partial charge in [0.05, 0.1) is 17.6 Å². The summed E-state index contributed by atoms with van der Waals surface area (Å²) in [5, 5.41) is 0. The van der Waals surface area contributed by atoms with Gasteiger partial charge in [-0.15, -0.1) is 0 Å². The number of pyridine rings is 1. The highest BCUT2D eigenvalue weighted by molar-refractivity contribution is 7.80. The van der Waals surface area contributed by atoms with E-state index < -0.39 is 0 Å². The van der Waals surface area contributed by atoms with Gasteiger partial charge in [0.2, 0.25) is 0 Å². The quantitative estimate of drug-likeness (QED) is 0.813. The van der Waals surface area contributed by atoms with Crippen LogP contribution in [0.2, 0.25) is 0 Å². The van der Waals surface area contributed by atoms with Gasteiger partial charge in [-0.3, -0.25) is 4.98 Å². The lowest BCUT2D eigenvalue weighted by Gasteiger charge is -2.33. The van der Waals surface area contributed by atoms with Crippen LogP contribution in [0.25, 0.3) is 0 Å². The Balaban J connectivity index is 2.04. The zero-order chi connectivity index (χ0) is 12.3. The van der Waals surface area contributed by atoms with Crippen LogP contribution in [0.15, 0.2) is 18.3 Å². The van der Waals surface area contributed by atoms with Crippen LogP contribution in [0.1, 0.15) is 31.9 Å². The van der Waals surface area contributed by atoms with Gasteiger partial charge in [-0.1, -0.05) is 18.6 Å². The van der Waals surface area contributed by atoms with Gasteiger partial charge >= 0.3 is 0 Å². The summed E-state index contributed by atoms with van der Waals surface area (Å²) >= 11 is 4.90. The third-order valence-electron chi connectivity index (χ3n) is 3.45. The van der Waals surface area contributed by atoms with Gasteiger partial charge in [0, 0.05) is 13.1 Å². The van der Waals surface area contributed by atoms with Gasteiger partial charge in [-0.25, -0.2) is 0 Å². The predicted octanol–water partition coefficient (Wildman–Crippen LogP) is 2.34. The molecule has 1 aliphatic rings. The number of aromatic nitrogens is 1. The SMILES string of the molecule is CCN(CC1CCC1)c1ccc(C(N)=S)nc1. The van der Waals surface area contributed by atoms with E-state index in [1.807, 2.05) is 12.3 Å². The van der Waals surface area contributed by atoms with Crippen LogP contribution in [0.4, 0.5) is 5.69 Å². The number of thiocarbonyl (C=S) groups is 1. The van der Waals surface area contributed by atoms with Crippen molar-refractivity contribution < 1.29 is 0 Å². The molecule has 1 fully saturated rings. The van der Waals surface area contributed by atoms with Crippen molar-refractivity contribution >= 4 is 22.9 Å².